The number of carbonyl (C=O) groups is 1. The highest BCUT2D eigenvalue weighted by molar-refractivity contribution is 5.93. The van der Waals surface area contributed by atoms with Crippen LogP contribution >= 0.6 is 0 Å². The molecule has 0 saturated carbocycles. The van der Waals surface area contributed by atoms with Crippen LogP contribution in [-0.4, -0.2) is 34.8 Å². The van der Waals surface area contributed by atoms with E-state index in [9.17, 15) is 9.90 Å². The van der Waals surface area contributed by atoms with Gasteiger partial charge in [0.2, 0.25) is 0 Å². The van der Waals surface area contributed by atoms with E-state index in [-0.39, 0.29) is 24.4 Å². The molecule has 0 aromatic carbocycles. The lowest BCUT2D eigenvalue weighted by molar-refractivity contribution is -0.118. The molecule has 0 aliphatic carbocycles. The SMILES string of the molecule is CC.CC1=CC2C=C(C(=O)NCC(O)c3cccnc3)NC(C=N1)C2. The molecule has 2 aliphatic heterocycles. The van der Waals surface area contributed by atoms with Gasteiger partial charge in [0.1, 0.15) is 0 Å². The van der Waals surface area contributed by atoms with Crippen molar-refractivity contribution in [2.24, 2.45) is 10.9 Å². The average molecular weight is 342 g/mol. The Labute approximate surface area is 148 Å². The zero-order valence-corrected chi connectivity index (χ0v) is 14.9. The Kier molecular flexibility index (Phi) is 6.89. The molecule has 1 amide bonds. The number of amides is 1. The van der Waals surface area contributed by atoms with Gasteiger partial charge in [0.05, 0.1) is 17.8 Å². The largest absolute Gasteiger partial charge is 0.387 e. The van der Waals surface area contributed by atoms with Crippen molar-refractivity contribution < 1.29 is 9.90 Å². The van der Waals surface area contributed by atoms with Crippen LogP contribution in [-0.2, 0) is 4.79 Å². The predicted molar refractivity (Wildman–Crippen MR) is 98.9 cm³/mol. The molecular formula is C19H26N4O2. The average Bonchev–Trinajstić information content (AvgIpc) is 2.78. The summed E-state index contributed by atoms with van der Waals surface area (Å²) >= 11 is 0. The second kappa shape index (κ2) is 9.13. The lowest BCUT2D eigenvalue weighted by atomic mass is 9.95. The van der Waals surface area contributed by atoms with Gasteiger partial charge >= 0.3 is 0 Å². The fourth-order valence-corrected chi connectivity index (χ4v) is 2.77. The summed E-state index contributed by atoms with van der Waals surface area (Å²) in [6.45, 7) is 6.09. The summed E-state index contributed by atoms with van der Waals surface area (Å²) in [7, 11) is 0. The molecule has 3 N–H and O–H groups in total. The van der Waals surface area contributed by atoms with Crippen LogP contribution in [0.15, 0.2) is 53.1 Å². The van der Waals surface area contributed by atoms with Gasteiger partial charge in [0, 0.05) is 42.3 Å². The van der Waals surface area contributed by atoms with Crippen LogP contribution < -0.4 is 10.6 Å². The van der Waals surface area contributed by atoms with Crippen molar-refractivity contribution in [3.63, 3.8) is 0 Å². The molecule has 3 unspecified atom stereocenters. The maximum Gasteiger partial charge on any atom is 0.267 e. The Hall–Kier alpha value is -2.47. The molecule has 3 heterocycles. The van der Waals surface area contributed by atoms with E-state index in [2.05, 4.69) is 26.7 Å². The van der Waals surface area contributed by atoms with Crippen molar-refractivity contribution in [3.05, 3.63) is 53.6 Å². The van der Waals surface area contributed by atoms with Gasteiger partial charge in [-0.2, -0.15) is 0 Å². The van der Waals surface area contributed by atoms with Gasteiger partial charge in [0.25, 0.3) is 5.91 Å². The first-order chi connectivity index (χ1) is 12.1. The number of hydrogen-bond donors (Lipinski definition) is 3. The van der Waals surface area contributed by atoms with Crippen LogP contribution in [0.5, 0.6) is 0 Å². The number of nitrogens with zero attached hydrogens (tertiary/aromatic N) is 2. The van der Waals surface area contributed by atoms with E-state index in [0.717, 1.165) is 12.1 Å². The summed E-state index contributed by atoms with van der Waals surface area (Å²) < 4.78 is 0. The Bertz CT molecular complexity index is 667. The topological polar surface area (TPSA) is 86.6 Å². The van der Waals surface area contributed by atoms with Gasteiger partial charge in [-0.3, -0.25) is 14.8 Å². The molecule has 6 nitrogen and oxygen atoms in total. The van der Waals surface area contributed by atoms with Crippen LogP contribution in [0.3, 0.4) is 0 Å². The molecular weight excluding hydrogens is 316 g/mol. The van der Waals surface area contributed by atoms with E-state index in [1.807, 2.05) is 33.1 Å². The van der Waals surface area contributed by atoms with Gasteiger partial charge in [-0.05, 0) is 25.5 Å². The van der Waals surface area contributed by atoms with E-state index in [0.29, 0.717) is 11.3 Å². The van der Waals surface area contributed by atoms with Crippen LogP contribution in [0.1, 0.15) is 38.9 Å². The number of nitrogens with one attached hydrogen (secondary N) is 2. The quantitative estimate of drug-likeness (QED) is 0.782. The van der Waals surface area contributed by atoms with Crippen molar-refractivity contribution in [1.82, 2.24) is 15.6 Å². The number of aliphatic hydroxyl groups is 1. The highest BCUT2D eigenvalue weighted by Crippen LogP contribution is 2.22. The van der Waals surface area contributed by atoms with Crippen molar-refractivity contribution in [1.29, 1.82) is 0 Å². The van der Waals surface area contributed by atoms with Gasteiger partial charge in [-0.1, -0.05) is 26.0 Å². The third-order valence-electron chi connectivity index (χ3n) is 3.93. The molecule has 3 rings (SSSR count). The van der Waals surface area contributed by atoms with Crippen LogP contribution in [0, 0.1) is 5.92 Å². The van der Waals surface area contributed by atoms with Gasteiger partial charge < -0.3 is 15.7 Å². The molecule has 1 aromatic heterocycles. The third kappa shape index (κ3) is 5.26. The fraction of sp³-hybridized carbons (Fsp3) is 0.421. The number of aliphatic imine (C=N–C) groups is 1. The zero-order chi connectivity index (χ0) is 18.2. The monoisotopic (exact) mass is 342 g/mol. The lowest BCUT2D eigenvalue weighted by Gasteiger charge is -2.25. The molecule has 0 radical (unpaired) electrons. The standard InChI is InChI=1S/C17H20N4O2.C2H6/c1-11-5-12-6-14(9-19-11)21-15(7-12)17(23)20-10-16(22)13-3-2-4-18-8-13;1-2/h2-5,7-9,12,14,16,21-22H,6,10H2,1H3,(H,20,23);1-2H3. The second-order valence-corrected chi connectivity index (χ2v) is 5.83. The number of fused-ring (bicyclic) bond motifs is 2. The molecule has 0 fully saturated rings. The van der Waals surface area contributed by atoms with Crippen LogP contribution in [0.2, 0.25) is 0 Å². The van der Waals surface area contributed by atoms with Crippen LogP contribution in [0.4, 0.5) is 0 Å². The van der Waals surface area contributed by atoms with Crippen molar-refractivity contribution >= 4 is 12.1 Å². The number of aromatic nitrogens is 1. The molecule has 1 aromatic rings. The van der Waals surface area contributed by atoms with Gasteiger partial charge in [-0.15, -0.1) is 0 Å². The number of pyridine rings is 1. The number of hydrogen-bond acceptors (Lipinski definition) is 5. The summed E-state index contributed by atoms with van der Waals surface area (Å²) in [5.74, 6) is -0.0169. The third-order valence-corrected chi connectivity index (χ3v) is 3.93. The number of carbonyl (C=O) groups excluding carboxylic acids is 1. The lowest BCUT2D eigenvalue weighted by Crippen LogP contribution is -2.42. The molecule has 2 aliphatic rings. The fourth-order valence-electron chi connectivity index (χ4n) is 2.77. The summed E-state index contributed by atoms with van der Waals surface area (Å²) in [6, 6.07) is 3.59. The predicted octanol–water partition coefficient (Wildman–Crippen LogP) is 2.11. The van der Waals surface area contributed by atoms with E-state index in [4.69, 9.17) is 0 Å². The van der Waals surface area contributed by atoms with Gasteiger partial charge in [-0.25, -0.2) is 0 Å². The number of aliphatic hydroxyl groups excluding tert-OH is 1. The first-order valence-electron chi connectivity index (χ1n) is 8.69. The minimum atomic E-state index is -0.775. The summed E-state index contributed by atoms with van der Waals surface area (Å²) in [5.41, 5.74) is 2.17. The number of rotatable bonds is 4. The Morgan fingerprint density at radius 3 is 2.96 bits per heavy atom. The van der Waals surface area contributed by atoms with Crippen LogP contribution in [0.25, 0.3) is 0 Å². The minimum Gasteiger partial charge on any atom is -0.387 e. The molecule has 25 heavy (non-hydrogen) atoms. The summed E-state index contributed by atoms with van der Waals surface area (Å²) in [6.07, 6.45) is 9.18. The molecule has 6 heteroatoms. The molecule has 3 atom stereocenters. The summed E-state index contributed by atoms with van der Waals surface area (Å²) in [4.78, 5) is 20.6. The van der Waals surface area contributed by atoms with E-state index < -0.39 is 6.10 Å². The molecule has 0 saturated heterocycles. The molecule has 0 spiro atoms. The molecule has 2 bridgehead atoms. The van der Waals surface area contributed by atoms with Crippen molar-refractivity contribution in [3.8, 4) is 0 Å². The Balaban J connectivity index is 0.00000109. The highest BCUT2D eigenvalue weighted by atomic mass is 16.3. The van der Waals surface area contributed by atoms with E-state index in [1.165, 1.54) is 0 Å². The second-order valence-electron chi connectivity index (χ2n) is 5.83. The van der Waals surface area contributed by atoms with E-state index in [1.54, 1.807) is 24.5 Å². The first kappa shape index (κ1) is 18.9. The summed E-state index contributed by atoms with van der Waals surface area (Å²) in [5, 5.41) is 16.0. The Morgan fingerprint density at radius 2 is 2.24 bits per heavy atom. The number of allylic oxidation sites excluding steroid dienone is 3. The maximum absolute atomic E-state index is 12.3. The maximum atomic E-state index is 12.3. The highest BCUT2D eigenvalue weighted by Gasteiger charge is 2.24. The minimum absolute atomic E-state index is 0.0581. The van der Waals surface area contributed by atoms with Gasteiger partial charge in [0.15, 0.2) is 0 Å². The first-order valence-corrected chi connectivity index (χ1v) is 8.69. The van der Waals surface area contributed by atoms with E-state index >= 15 is 0 Å². The Morgan fingerprint density at radius 1 is 1.44 bits per heavy atom. The van der Waals surface area contributed by atoms with Crippen molar-refractivity contribution in [2.45, 2.75) is 39.3 Å². The zero-order valence-electron chi connectivity index (χ0n) is 14.9. The van der Waals surface area contributed by atoms with Crippen molar-refractivity contribution in [2.75, 3.05) is 6.54 Å². The normalized spacial score (nSPS) is 22.2. The smallest absolute Gasteiger partial charge is 0.267 e. The molecule has 134 valence electrons.